The van der Waals surface area contributed by atoms with Crippen LogP contribution in [0.25, 0.3) is 0 Å². The highest BCUT2D eigenvalue weighted by molar-refractivity contribution is 5.95. The molecule has 2 heterocycles. The van der Waals surface area contributed by atoms with Gasteiger partial charge in [-0.2, -0.15) is 5.26 Å². The van der Waals surface area contributed by atoms with Crippen LogP contribution in [0.5, 0.6) is 0 Å². The zero-order valence-electron chi connectivity index (χ0n) is 14.4. The smallest absolute Gasteiger partial charge is 0.254 e. The van der Waals surface area contributed by atoms with Crippen LogP contribution < -0.4 is 5.32 Å². The second-order valence-electron chi connectivity index (χ2n) is 5.97. The molecule has 0 saturated carbocycles. The summed E-state index contributed by atoms with van der Waals surface area (Å²) in [5.74, 6) is -0.409. The minimum absolute atomic E-state index is 0.190. The third-order valence-corrected chi connectivity index (χ3v) is 4.26. The molecule has 0 aliphatic carbocycles. The lowest BCUT2D eigenvalue weighted by Crippen LogP contribution is -2.47. The van der Waals surface area contributed by atoms with Crippen molar-refractivity contribution in [1.29, 1.82) is 5.26 Å². The maximum absolute atomic E-state index is 12.9. The molecule has 1 aliphatic heterocycles. The Morgan fingerprint density at radius 2 is 2.31 bits per heavy atom. The Morgan fingerprint density at radius 1 is 1.46 bits per heavy atom. The number of carbonyl (C=O) groups excluding carboxylic acids is 2. The maximum atomic E-state index is 12.9. The van der Waals surface area contributed by atoms with Gasteiger partial charge in [-0.05, 0) is 18.2 Å². The number of nitrogens with zero attached hydrogens (tertiary/aromatic N) is 4. The van der Waals surface area contributed by atoms with E-state index in [0.29, 0.717) is 30.8 Å². The molecule has 1 atom stereocenters. The van der Waals surface area contributed by atoms with Crippen molar-refractivity contribution in [3.05, 3.63) is 53.6 Å². The molecule has 1 aromatic heterocycles. The van der Waals surface area contributed by atoms with Crippen LogP contribution in [0.15, 0.2) is 36.8 Å². The van der Waals surface area contributed by atoms with Crippen molar-refractivity contribution in [1.82, 2.24) is 19.8 Å². The van der Waals surface area contributed by atoms with Gasteiger partial charge in [-0.3, -0.25) is 9.59 Å². The summed E-state index contributed by atoms with van der Waals surface area (Å²) in [4.78, 5) is 31.1. The van der Waals surface area contributed by atoms with Crippen molar-refractivity contribution < 1.29 is 14.3 Å². The van der Waals surface area contributed by atoms with Crippen molar-refractivity contribution in [2.45, 2.75) is 12.6 Å². The minimum Gasteiger partial charge on any atom is -0.383 e. The summed E-state index contributed by atoms with van der Waals surface area (Å²) in [6.45, 7) is 1.40. The average Bonchev–Trinajstić information content (AvgIpc) is 3.15. The molecule has 0 fully saturated rings. The van der Waals surface area contributed by atoms with Gasteiger partial charge in [0.1, 0.15) is 6.04 Å². The van der Waals surface area contributed by atoms with E-state index in [1.54, 1.807) is 53.4 Å². The van der Waals surface area contributed by atoms with Crippen LogP contribution in [-0.2, 0) is 16.1 Å². The van der Waals surface area contributed by atoms with Crippen molar-refractivity contribution in [2.24, 2.45) is 0 Å². The first-order chi connectivity index (χ1) is 12.6. The van der Waals surface area contributed by atoms with Crippen molar-refractivity contribution in [3.8, 4) is 6.07 Å². The molecule has 8 nitrogen and oxygen atoms in total. The third-order valence-electron chi connectivity index (χ3n) is 4.26. The van der Waals surface area contributed by atoms with Gasteiger partial charge >= 0.3 is 0 Å². The predicted octanol–water partition coefficient (Wildman–Crippen LogP) is 0.714. The molecule has 0 saturated heterocycles. The summed E-state index contributed by atoms with van der Waals surface area (Å²) in [5, 5.41) is 11.8. The molecule has 0 unspecified atom stereocenters. The van der Waals surface area contributed by atoms with Crippen LogP contribution in [0.3, 0.4) is 0 Å². The van der Waals surface area contributed by atoms with Gasteiger partial charge in [-0.25, -0.2) is 4.98 Å². The van der Waals surface area contributed by atoms with E-state index in [4.69, 9.17) is 10.00 Å². The zero-order valence-corrected chi connectivity index (χ0v) is 14.4. The summed E-state index contributed by atoms with van der Waals surface area (Å²) in [5.41, 5.74) is 1.63. The van der Waals surface area contributed by atoms with E-state index in [2.05, 4.69) is 10.3 Å². The number of hydrogen-bond donors (Lipinski definition) is 1. The summed E-state index contributed by atoms with van der Waals surface area (Å²) in [7, 11) is 1.57. The molecular formula is C18H19N5O3. The van der Waals surface area contributed by atoms with Crippen LogP contribution >= 0.6 is 0 Å². The molecule has 26 heavy (non-hydrogen) atoms. The number of hydrogen-bond acceptors (Lipinski definition) is 5. The molecular weight excluding hydrogens is 334 g/mol. The second-order valence-corrected chi connectivity index (χ2v) is 5.97. The van der Waals surface area contributed by atoms with Crippen LogP contribution in [0.2, 0.25) is 0 Å². The van der Waals surface area contributed by atoms with E-state index >= 15 is 0 Å². The van der Waals surface area contributed by atoms with Gasteiger partial charge in [0, 0.05) is 25.4 Å². The van der Waals surface area contributed by atoms with Gasteiger partial charge < -0.3 is 19.5 Å². The summed E-state index contributed by atoms with van der Waals surface area (Å²) in [6.07, 6.45) is 3.26. The van der Waals surface area contributed by atoms with Crippen LogP contribution in [0.4, 0.5) is 0 Å². The number of amides is 2. The van der Waals surface area contributed by atoms with Crippen molar-refractivity contribution >= 4 is 11.8 Å². The Kier molecular flexibility index (Phi) is 5.29. The van der Waals surface area contributed by atoms with Crippen molar-refractivity contribution in [2.75, 3.05) is 26.8 Å². The molecule has 1 N–H and O–H groups in total. The van der Waals surface area contributed by atoms with Crippen LogP contribution in [0, 0.1) is 11.3 Å². The number of aromatic nitrogens is 2. The first kappa shape index (κ1) is 17.6. The van der Waals surface area contributed by atoms with E-state index in [1.807, 2.05) is 6.07 Å². The van der Waals surface area contributed by atoms with Crippen LogP contribution in [0.1, 0.15) is 27.7 Å². The first-order valence-corrected chi connectivity index (χ1v) is 8.21. The van der Waals surface area contributed by atoms with Gasteiger partial charge in [0.2, 0.25) is 5.91 Å². The number of fused-ring (bicyclic) bond motifs is 1. The number of methoxy groups -OCH3 is 1. The summed E-state index contributed by atoms with van der Waals surface area (Å²) in [6, 6.07) is 8.03. The number of ether oxygens (including phenoxy) is 1. The number of nitrogens with one attached hydrogen (secondary N) is 1. The highest BCUT2D eigenvalue weighted by Crippen LogP contribution is 2.23. The topological polar surface area (TPSA) is 100 Å². The Labute approximate surface area is 151 Å². The van der Waals surface area contributed by atoms with Crippen LogP contribution in [-0.4, -0.2) is 53.1 Å². The molecule has 0 radical (unpaired) electrons. The van der Waals surface area contributed by atoms with E-state index < -0.39 is 6.04 Å². The Bertz CT molecular complexity index is 855. The van der Waals surface area contributed by atoms with E-state index in [1.165, 1.54) is 0 Å². The monoisotopic (exact) mass is 353 g/mol. The lowest BCUT2D eigenvalue weighted by molar-refractivity contribution is -0.125. The minimum atomic E-state index is -0.554. The highest BCUT2D eigenvalue weighted by atomic mass is 16.5. The lowest BCUT2D eigenvalue weighted by Gasteiger charge is -2.33. The number of nitriles is 1. The van der Waals surface area contributed by atoms with E-state index in [-0.39, 0.29) is 18.4 Å². The molecule has 2 aromatic rings. The van der Waals surface area contributed by atoms with Gasteiger partial charge in [-0.15, -0.1) is 0 Å². The lowest BCUT2D eigenvalue weighted by atomic mass is 10.1. The molecule has 8 heteroatoms. The number of benzene rings is 1. The largest absolute Gasteiger partial charge is 0.383 e. The Hall–Kier alpha value is -3.18. The fraction of sp³-hybridized carbons (Fsp3) is 0.333. The zero-order chi connectivity index (χ0) is 18.5. The molecule has 0 spiro atoms. The van der Waals surface area contributed by atoms with Gasteiger partial charge in [0.15, 0.2) is 0 Å². The van der Waals surface area contributed by atoms with E-state index in [9.17, 15) is 9.59 Å². The van der Waals surface area contributed by atoms with E-state index in [0.717, 1.165) is 5.69 Å². The SMILES string of the molecule is COCCNC(=O)[C@@H]1CN(C(=O)c2cccc(C#N)c2)Cc2cncn21. The summed E-state index contributed by atoms with van der Waals surface area (Å²) >= 11 is 0. The van der Waals surface area contributed by atoms with Gasteiger partial charge in [0.05, 0.1) is 43.4 Å². The fourth-order valence-electron chi connectivity index (χ4n) is 2.95. The van der Waals surface area contributed by atoms with Gasteiger partial charge in [0.25, 0.3) is 5.91 Å². The average molecular weight is 353 g/mol. The number of carbonyl (C=O) groups is 2. The van der Waals surface area contributed by atoms with Gasteiger partial charge in [-0.1, -0.05) is 6.07 Å². The first-order valence-electron chi connectivity index (χ1n) is 8.21. The Balaban J connectivity index is 1.81. The number of imidazole rings is 1. The maximum Gasteiger partial charge on any atom is 0.254 e. The number of rotatable bonds is 5. The van der Waals surface area contributed by atoms with Crippen molar-refractivity contribution in [3.63, 3.8) is 0 Å². The quantitative estimate of drug-likeness (QED) is 0.798. The third kappa shape index (κ3) is 3.58. The molecule has 2 amide bonds. The molecule has 0 bridgehead atoms. The molecule has 3 rings (SSSR count). The highest BCUT2D eigenvalue weighted by Gasteiger charge is 2.32. The predicted molar refractivity (Wildman–Crippen MR) is 92.0 cm³/mol. The normalized spacial score (nSPS) is 15.8. The standard InChI is InChI=1S/C18H19N5O3/c1-26-6-5-21-17(24)16-11-22(10-15-9-20-12-23(15)16)18(25)14-4-2-3-13(7-14)8-19/h2-4,7,9,12,16H,5-6,10-11H2,1H3,(H,21,24)/t16-/m0/s1. The summed E-state index contributed by atoms with van der Waals surface area (Å²) < 4.78 is 6.74. The Morgan fingerprint density at radius 3 is 3.08 bits per heavy atom. The second kappa shape index (κ2) is 7.80. The molecule has 1 aromatic carbocycles. The molecule has 134 valence electrons. The fourth-order valence-corrected chi connectivity index (χ4v) is 2.95. The molecule has 1 aliphatic rings.